The van der Waals surface area contributed by atoms with E-state index in [-0.39, 0.29) is 28.3 Å². The van der Waals surface area contributed by atoms with Crippen LogP contribution >= 0.6 is 11.8 Å². The van der Waals surface area contributed by atoms with E-state index in [2.05, 4.69) is 10.6 Å². The molecule has 6 heteroatoms. The summed E-state index contributed by atoms with van der Waals surface area (Å²) in [5.74, 6) is -0.516. The SMILES string of the molecule is CC(C)(C)[C@@H]1CNC(=O)[C@@H]1C(=O)N[C@@H]1CCSC1=O. The minimum atomic E-state index is -0.682. The zero-order chi connectivity index (χ0) is 14.2. The van der Waals surface area contributed by atoms with E-state index in [1.807, 2.05) is 20.8 Å². The normalized spacial score (nSPS) is 31.4. The van der Waals surface area contributed by atoms with Crippen LogP contribution in [0.4, 0.5) is 0 Å². The van der Waals surface area contributed by atoms with E-state index in [1.54, 1.807) is 0 Å². The van der Waals surface area contributed by atoms with Crippen molar-refractivity contribution in [2.75, 3.05) is 12.3 Å². The van der Waals surface area contributed by atoms with Gasteiger partial charge in [0.25, 0.3) is 0 Å². The van der Waals surface area contributed by atoms with E-state index >= 15 is 0 Å². The Morgan fingerprint density at radius 2 is 2.05 bits per heavy atom. The van der Waals surface area contributed by atoms with Gasteiger partial charge in [-0.3, -0.25) is 14.4 Å². The molecule has 2 rings (SSSR count). The third kappa shape index (κ3) is 2.94. The molecule has 5 nitrogen and oxygen atoms in total. The van der Waals surface area contributed by atoms with Crippen LogP contribution in [-0.4, -0.2) is 35.3 Å². The Hall–Kier alpha value is -1.04. The van der Waals surface area contributed by atoms with Crippen LogP contribution in [0.2, 0.25) is 0 Å². The summed E-state index contributed by atoms with van der Waals surface area (Å²) in [6.07, 6.45) is 0.657. The highest BCUT2D eigenvalue weighted by Crippen LogP contribution is 2.35. The van der Waals surface area contributed by atoms with Gasteiger partial charge in [-0.2, -0.15) is 0 Å². The largest absolute Gasteiger partial charge is 0.355 e. The molecule has 2 aliphatic heterocycles. The molecule has 0 bridgehead atoms. The Morgan fingerprint density at radius 1 is 1.37 bits per heavy atom. The summed E-state index contributed by atoms with van der Waals surface area (Å²) in [4.78, 5) is 35.7. The van der Waals surface area contributed by atoms with Gasteiger partial charge in [0.05, 0.1) is 6.04 Å². The third-order valence-corrected chi connectivity index (χ3v) is 4.84. The zero-order valence-electron chi connectivity index (χ0n) is 11.5. The van der Waals surface area contributed by atoms with Gasteiger partial charge in [-0.15, -0.1) is 0 Å². The van der Waals surface area contributed by atoms with Crippen LogP contribution in [0.3, 0.4) is 0 Å². The topological polar surface area (TPSA) is 75.3 Å². The highest BCUT2D eigenvalue weighted by molar-refractivity contribution is 8.14. The Morgan fingerprint density at radius 3 is 2.58 bits per heavy atom. The maximum Gasteiger partial charge on any atom is 0.233 e. The second-order valence-electron chi connectivity index (χ2n) is 6.21. The molecule has 0 radical (unpaired) electrons. The lowest BCUT2D eigenvalue weighted by atomic mass is 9.74. The maximum absolute atomic E-state index is 12.3. The van der Waals surface area contributed by atoms with Gasteiger partial charge in [0.2, 0.25) is 16.9 Å². The highest BCUT2D eigenvalue weighted by atomic mass is 32.2. The van der Waals surface area contributed by atoms with Gasteiger partial charge in [0.15, 0.2) is 0 Å². The summed E-state index contributed by atoms with van der Waals surface area (Å²) >= 11 is 1.24. The third-order valence-electron chi connectivity index (χ3n) is 3.83. The minimum absolute atomic E-state index is 0.000867. The summed E-state index contributed by atoms with van der Waals surface area (Å²) in [6, 6.07) is -0.425. The van der Waals surface area contributed by atoms with E-state index in [0.717, 1.165) is 5.75 Å². The fraction of sp³-hybridized carbons (Fsp3) is 0.769. The van der Waals surface area contributed by atoms with Crippen molar-refractivity contribution < 1.29 is 14.4 Å². The van der Waals surface area contributed by atoms with Crippen molar-refractivity contribution in [1.82, 2.24) is 10.6 Å². The Bertz CT molecular complexity index is 417. The van der Waals surface area contributed by atoms with Crippen LogP contribution < -0.4 is 10.6 Å². The van der Waals surface area contributed by atoms with Crippen LogP contribution in [-0.2, 0) is 14.4 Å². The van der Waals surface area contributed by atoms with E-state index in [0.29, 0.717) is 13.0 Å². The first-order valence-electron chi connectivity index (χ1n) is 6.55. The van der Waals surface area contributed by atoms with Crippen molar-refractivity contribution in [2.24, 2.45) is 17.3 Å². The Labute approximate surface area is 117 Å². The average molecular weight is 284 g/mol. The standard InChI is InChI=1S/C13H20N2O3S/c1-13(2,3)7-6-14-10(16)9(7)11(17)15-8-4-5-19-12(8)18/h7-9H,4-6H2,1-3H3,(H,14,16)(H,15,17)/t7-,8-,9-/m1/s1. The average Bonchev–Trinajstić information content (AvgIpc) is 2.85. The van der Waals surface area contributed by atoms with Crippen molar-refractivity contribution in [3.8, 4) is 0 Å². The van der Waals surface area contributed by atoms with Crippen molar-refractivity contribution in [2.45, 2.75) is 33.2 Å². The van der Waals surface area contributed by atoms with Crippen LogP contribution in [0.5, 0.6) is 0 Å². The maximum atomic E-state index is 12.3. The number of rotatable bonds is 2. The fourth-order valence-electron chi connectivity index (χ4n) is 2.62. The second-order valence-corrected chi connectivity index (χ2v) is 7.31. The first kappa shape index (κ1) is 14.4. The monoisotopic (exact) mass is 284 g/mol. The summed E-state index contributed by atoms with van der Waals surface area (Å²) in [5.41, 5.74) is -0.129. The molecule has 2 aliphatic rings. The number of carbonyl (C=O) groups is 3. The number of hydrogen-bond donors (Lipinski definition) is 2. The smallest absolute Gasteiger partial charge is 0.233 e. The summed E-state index contributed by atoms with van der Waals surface area (Å²) in [7, 11) is 0. The summed E-state index contributed by atoms with van der Waals surface area (Å²) in [5, 5.41) is 5.49. The fourth-order valence-corrected chi connectivity index (χ4v) is 3.55. The van der Waals surface area contributed by atoms with Gasteiger partial charge in [0.1, 0.15) is 5.92 Å². The molecule has 2 amide bonds. The molecule has 106 valence electrons. The van der Waals surface area contributed by atoms with Gasteiger partial charge < -0.3 is 10.6 Å². The van der Waals surface area contributed by atoms with Gasteiger partial charge in [-0.05, 0) is 11.8 Å². The molecule has 2 N–H and O–H groups in total. The second kappa shape index (κ2) is 5.15. The van der Waals surface area contributed by atoms with Crippen molar-refractivity contribution in [1.29, 1.82) is 0 Å². The molecule has 3 atom stereocenters. The van der Waals surface area contributed by atoms with Crippen LogP contribution in [0.15, 0.2) is 0 Å². The quantitative estimate of drug-likeness (QED) is 0.726. The molecule has 2 fully saturated rings. The molecule has 2 heterocycles. The molecule has 0 aromatic carbocycles. The van der Waals surface area contributed by atoms with Gasteiger partial charge >= 0.3 is 0 Å². The lowest BCUT2D eigenvalue weighted by molar-refractivity contribution is -0.136. The molecule has 19 heavy (non-hydrogen) atoms. The molecule has 0 unspecified atom stereocenters. The molecule has 0 saturated carbocycles. The van der Waals surface area contributed by atoms with Crippen LogP contribution in [0.25, 0.3) is 0 Å². The summed E-state index contributed by atoms with van der Waals surface area (Å²) < 4.78 is 0. The number of thioether (sulfide) groups is 1. The minimum Gasteiger partial charge on any atom is -0.355 e. The van der Waals surface area contributed by atoms with Crippen molar-refractivity contribution in [3.63, 3.8) is 0 Å². The van der Waals surface area contributed by atoms with E-state index in [1.165, 1.54) is 11.8 Å². The van der Waals surface area contributed by atoms with Crippen molar-refractivity contribution >= 4 is 28.7 Å². The number of nitrogens with one attached hydrogen (secondary N) is 2. The van der Waals surface area contributed by atoms with Crippen LogP contribution in [0, 0.1) is 17.3 Å². The zero-order valence-corrected chi connectivity index (χ0v) is 12.3. The molecule has 0 aromatic rings. The number of carbonyl (C=O) groups excluding carboxylic acids is 3. The number of hydrogen-bond acceptors (Lipinski definition) is 4. The predicted octanol–water partition coefficient (Wildman–Crippen LogP) is 0.543. The Kier molecular flexibility index (Phi) is 3.90. The van der Waals surface area contributed by atoms with Gasteiger partial charge in [0, 0.05) is 18.2 Å². The van der Waals surface area contributed by atoms with Crippen molar-refractivity contribution in [3.05, 3.63) is 0 Å². The first-order valence-corrected chi connectivity index (χ1v) is 7.54. The van der Waals surface area contributed by atoms with Crippen LogP contribution in [0.1, 0.15) is 27.2 Å². The molecular weight excluding hydrogens is 264 g/mol. The van der Waals surface area contributed by atoms with Gasteiger partial charge in [-0.25, -0.2) is 0 Å². The molecule has 0 aliphatic carbocycles. The Balaban J connectivity index is 2.08. The molecule has 0 spiro atoms. The lowest BCUT2D eigenvalue weighted by Crippen LogP contribution is -2.46. The van der Waals surface area contributed by atoms with Gasteiger partial charge in [-0.1, -0.05) is 32.5 Å². The van der Waals surface area contributed by atoms with E-state index in [9.17, 15) is 14.4 Å². The number of amides is 2. The highest BCUT2D eigenvalue weighted by Gasteiger charge is 2.46. The predicted molar refractivity (Wildman–Crippen MR) is 73.5 cm³/mol. The molecular formula is C13H20N2O3S. The first-order chi connectivity index (χ1) is 8.80. The molecule has 0 aromatic heterocycles. The molecule has 2 saturated heterocycles. The van der Waals surface area contributed by atoms with E-state index < -0.39 is 12.0 Å². The summed E-state index contributed by atoms with van der Waals surface area (Å²) in [6.45, 7) is 6.59. The van der Waals surface area contributed by atoms with E-state index in [4.69, 9.17) is 0 Å². The lowest BCUT2D eigenvalue weighted by Gasteiger charge is -2.29.